The molecule has 5 atom stereocenters. The van der Waals surface area contributed by atoms with Gasteiger partial charge in [0.1, 0.15) is 6.61 Å². The predicted octanol–water partition coefficient (Wildman–Crippen LogP) is 4.87. The standard InChI is InChI=1S/C33H34N2O6/c1-20(40-18-21-9-3-2-4-10-21)29(30(36)37)35-31(38)33-16-22(33)15-23(17-33)34-32(39)41-19-28-26-13-7-5-11-24(26)25-12-6-8-14-27(25)28/h2-14,20,22-23,28-29H,15-19H2,1H3,(H,34,39)(H,35,38)(H,36,37)/t20?,22-,23+,29?,33+/m1/s1. The lowest BCUT2D eigenvalue weighted by Gasteiger charge is -2.25. The predicted molar refractivity (Wildman–Crippen MR) is 152 cm³/mol. The van der Waals surface area contributed by atoms with Gasteiger partial charge in [-0.05, 0) is 59.9 Å². The van der Waals surface area contributed by atoms with Crippen molar-refractivity contribution >= 4 is 18.0 Å². The molecule has 8 heteroatoms. The van der Waals surface area contributed by atoms with Crippen LogP contribution in [0.15, 0.2) is 78.9 Å². The first-order valence-electron chi connectivity index (χ1n) is 14.2. The molecule has 3 aromatic rings. The zero-order valence-corrected chi connectivity index (χ0v) is 22.9. The second-order valence-electron chi connectivity index (χ2n) is 11.5. The Hall–Kier alpha value is -4.17. The summed E-state index contributed by atoms with van der Waals surface area (Å²) in [4.78, 5) is 38.1. The van der Waals surface area contributed by atoms with Crippen molar-refractivity contribution in [2.24, 2.45) is 11.3 Å². The topological polar surface area (TPSA) is 114 Å². The van der Waals surface area contributed by atoms with Gasteiger partial charge in [0.25, 0.3) is 0 Å². The molecule has 3 aliphatic rings. The zero-order chi connectivity index (χ0) is 28.6. The number of carboxylic acid groups (broad SMARTS) is 1. The molecule has 0 bridgehead atoms. The third-order valence-corrected chi connectivity index (χ3v) is 8.91. The minimum Gasteiger partial charge on any atom is -0.480 e. The van der Waals surface area contributed by atoms with E-state index in [0.717, 1.165) is 16.7 Å². The van der Waals surface area contributed by atoms with Gasteiger partial charge in [-0.2, -0.15) is 0 Å². The van der Waals surface area contributed by atoms with E-state index in [1.807, 2.05) is 54.6 Å². The molecule has 2 saturated carbocycles. The molecule has 0 spiro atoms. The van der Waals surface area contributed by atoms with Crippen LogP contribution in [0, 0.1) is 11.3 Å². The Kier molecular flexibility index (Phi) is 7.26. The lowest BCUT2D eigenvalue weighted by Crippen LogP contribution is -2.51. The van der Waals surface area contributed by atoms with Crippen LogP contribution in [-0.2, 0) is 25.7 Å². The van der Waals surface area contributed by atoms with Crippen molar-refractivity contribution in [1.82, 2.24) is 10.6 Å². The number of benzene rings is 3. The normalized spacial score (nSPS) is 23.4. The molecule has 41 heavy (non-hydrogen) atoms. The van der Waals surface area contributed by atoms with E-state index in [-0.39, 0.29) is 37.0 Å². The Labute approximate surface area is 239 Å². The average molecular weight is 555 g/mol. The highest BCUT2D eigenvalue weighted by molar-refractivity contribution is 5.90. The van der Waals surface area contributed by atoms with Crippen molar-refractivity contribution in [1.29, 1.82) is 0 Å². The molecule has 2 unspecified atom stereocenters. The number of nitrogens with one attached hydrogen (secondary N) is 2. The fraction of sp³-hybridized carbons (Fsp3) is 0.364. The van der Waals surface area contributed by atoms with E-state index in [9.17, 15) is 19.5 Å². The number of carbonyl (C=O) groups is 3. The molecular weight excluding hydrogens is 520 g/mol. The van der Waals surface area contributed by atoms with Gasteiger partial charge in [-0.15, -0.1) is 0 Å². The summed E-state index contributed by atoms with van der Waals surface area (Å²) < 4.78 is 11.5. The van der Waals surface area contributed by atoms with Crippen molar-refractivity contribution in [3.05, 3.63) is 95.6 Å². The highest BCUT2D eigenvalue weighted by Crippen LogP contribution is 2.63. The molecule has 0 aromatic heterocycles. The first-order chi connectivity index (χ1) is 19.9. The summed E-state index contributed by atoms with van der Waals surface area (Å²) in [5.74, 6) is -1.35. The molecule has 8 nitrogen and oxygen atoms in total. The highest BCUT2D eigenvalue weighted by Gasteiger charge is 2.65. The van der Waals surface area contributed by atoms with E-state index in [1.54, 1.807) is 6.92 Å². The molecule has 0 saturated heterocycles. The lowest BCUT2D eigenvalue weighted by molar-refractivity contribution is -0.147. The van der Waals surface area contributed by atoms with E-state index < -0.39 is 29.6 Å². The minimum absolute atomic E-state index is 0.0266. The van der Waals surface area contributed by atoms with E-state index >= 15 is 0 Å². The first kappa shape index (κ1) is 27.0. The second kappa shape index (κ2) is 11.0. The van der Waals surface area contributed by atoms with Crippen molar-refractivity contribution < 1.29 is 29.0 Å². The van der Waals surface area contributed by atoms with Crippen molar-refractivity contribution in [3.63, 3.8) is 0 Å². The van der Waals surface area contributed by atoms with Gasteiger partial charge in [-0.3, -0.25) is 4.79 Å². The average Bonchev–Trinajstić information content (AvgIpc) is 3.41. The summed E-state index contributed by atoms with van der Waals surface area (Å²) in [6, 6.07) is 24.5. The molecule has 3 aromatic carbocycles. The Morgan fingerprint density at radius 2 is 1.56 bits per heavy atom. The van der Waals surface area contributed by atoms with E-state index in [2.05, 4.69) is 34.9 Å². The molecule has 0 radical (unpaired) electrons. The van der Waals surface area contributed by atoms with Gasteiger partial charge in [0.05, 0.1) is 18.1 Å². The number of amides is 2. The molecule has 0 heterocycles. The quantitative estimate of drug-likeness (QED) is 0.330. The largest absolute Gasteiger partial charge is 0.480 e. The molecule has 6 rings (SSSR count). The smallest absolute Gasteiger partial charge is 0.407 e. The van der Waals surface area contributed by atoms with Crippen LogP contribution in [0.4, 0.5) is 4.79 Å². The fourth-order valence-electron chi connectivity index (χ4n) is 6.66. The number of rotatable bonds is 10. The van der Waals surface area contributed by atoms with Crippen molar-refractivity contribution in [2.75, 3.05) is 6.61 Å². The number of hydrogen-bond acceptors (Lipinski definition) is 5. The Morgan fingerprint density at radius 1 is 0.927 bits per heavy atom. The molecular formula is C33H34N2O6. The van der Waals surface area contributed by atoms with Gasteiger partial charge < -0.3 is 25.2 Å². The van der Waals surface area contributed by atoms with Crippen LogP contribution in [0.2, 0.25) is 0 Å². The summed E-state index contributed by atoms with van der Waals surface area (Å²) >= 11 is 0. The van der Waals surface area contributed by atoms with Gasteiger partial charge in [-0.25, -0.2) is 9.59 Å². The van der Waals surface area contributed by atoms with Crippen LogP contribution < -0.4 is 10.6 Å². The maximum Gasteiger partial charge on any atom is 0.407 e. The Bertz CT molecular complexity index is 1410. The molecule has 3 aliphatic carbocycles. The van der Waals surface area contributed by atoms with Gasteiger partial charge in [0, 0.05) is 12.0 Å². The highest BCUT2D eigenvalue weighted by atomic mass is 16.5. The minimum atomic E-state index is -1.17. The first-order valence-corrected chi connectivity index (χ1v) is 14.2. The maximum atomic E-state index is 13.3. The summed E-state index contributed by atoms with van der Waals surface area (Å²) in [6.07, 6.45) is 0.587. The number of hydrogen-bond donors (Lipinski definition) is 3. The third kappa shape index (κ3) is 5.32. The van der Waals surface area contributed by atoms with Gasteiger partial charge in [0.15, 0.2) is 6.04 Å². The van der Waals surface area contributed by atoms with Crippen LogP contribution >= 0.6 is 0 Å². The van der Waals surface area contributed by atoms with E-state index in [1.165, 1.54) is 11.1 Å². The summed E-state index contributed by atoms with van der Waals surface area (Å²) in [5, 5.41) is 15.5. The Morgan fingerprint density at radius 3 is 2.22 bits per heavy atom. The molecule has 2 amide bonds. The lowest BCUT2D eigenvalue weighted by atomic mass is 9.98. The van der Waals surface area contributed by atoms with Gasteiger partial charge >= 0.3 is 12.1 Å². The van der Waals surface area contributed by atoms with Crippen LogP contribution in [0.5, 0.6) is 0 Å². The summed E-state index contributed by atoms with van der Waals surface area (Å²) in [6.45, 7) is 2.13. The van der Waals surface area contributed by atoms with Crippen molar-refractivity contribution in [2.45, 2.75) is 56.9 Å². The number of carboxylic acids is 1. The summed E-state index contributed by atoms with van der Waals surface area (Å²) in [7, 11) is 0. The maximum absolute atomic E-state index is 13.3. The number of ether oxygens (including phenoxy) is 2. The SMILES string of the molecule is CC(OCc1ccccc1)C(NC(=O)[C@@]12C[C@@H](NC(=O)OCC3c4ccccc4-c4ccccc43)C[C@@H]1C2)C(=O)O. The molecule has 3 N–H and O–H groups in total. The molecule has 212 valence electrons. The third-order valence-electron chi connectivity index (χ3n) is 8.91. The van der Waals surface area contributed by atoms with E-state index in [0.29, 0.717) is 19.3 Å². The number of alkyl carbamates (subject to hydrolysis) is 1. The van der Waals surface area contributed by atoms with Gasteiger partial charge in [0.2, 0.25) is 5.91 Å². The van der Waals surface area contributed by atoms with Crippen LogP contribution in [0.1, 0.15) is 48.8 Å². The summed E-state index contributed by atoms with van der Waals surface area (Å²) in [5.41, 5.74) is 4.89. The van der Waals surface area contributed by atoms with Crippen LogP contribution in [0.3, 0.4) is 0 Å². The van der Waals surface area contributed by atoms with Crippen LogP contribution in [0.25, 0.3) is 11.1 Å². The molecule has 2 fully saturated rings. The van der Waals surface area contributed by atoms with Crippen LogP contribution in [-0.4, -0.2) is 47.9 Å². The number of carbonyl (C=O) groups excluding carboxylic acids is 2. The second-order valence-corrected chi connectivity index (χ2v) is 11.5. The van der Waals surface area contributed by atoms with Crippen molar-refractivity contribution in [3.8, 4) is 11.1 Å². The van der Waals surface area contributed by atoms with Gasteiger partial charge in [-0.1, -0.05) is 78.9 Å². The van der Waals surface area contributed by atoms with E-state index in [4.69, 9.17) is 9.47 Å². The number of aliphatic carboxylic acids is 1. The molecule has 0 aliphatic heterocycles. The fourth-order valence-corrected chi connectivity index (χ4v) is 6.66. The monoisotopic (exact) mass is 554 g/mol. The number of fused-ring (bicyclic) bond motifs is 4. The zero-order valence-electron chi connectivity index (χ0n) is 22.9. The Balaban J connectivity index is 1.02.